The molecule has 0 bridgehead atoms. The molecule has 0 saturated carbocycles. The van der Waals surface area contributed by atoms with E-state index < -0.39 is 9.84 Å². The average Bonchev–Trinajstić information content (AvgIpc) is 2.89. The summed E-state index contributed by atoms with van der Waals surface area (Å²) >= 11 is 1.50. The molecular weight excluding hydrogens is 282 g/mol. The van der Waals surface area contributed by atoms with E-state index in [-0.39, 0.29) is 23.3 Å². The van der Waals surface area contributed by atoms with Crippen LogP contribution in [0.4, 0.5) is 0 Å². The second kappa shape index (κ2) is 5.63. The molecule has 2 heterocycles. The maximum absolute atomic E-state index is 12.0. The van der Waals surface area contributed by atoms with Gasteiger partial charge in [0.25, 0.3) is 5.91 Å². The summed E-state index contributed by atoms with van der Waals surface area (Å²) in [6.07, 6.45) is 1.59. The first-order valence-electron chi connectivity index (χ1n) is 6.49. The second-order valence-corrected chi connectivity index (χ2v) is 8.51. The fourth-order valence-corrected chi connectivity index (χ4v) is 5.23. The van der Waals surface area contributed by atoms with Crippen molar-refractivity contribution in [3.05, 3.63) is 21.4 Å². The van der Waals surface area contributed by atoms with E-state index >= 15 is 0 Å². The molecule has 1 aromatic heterocycles. The molecule has 1 fully saturated rings. The molecule has 106 valence electrons. The van der Waals surface area contributed by atoms with Crippen molar-refractivity contribution in [2.24, 2.45) is 5.92 Å². The fraction of sp³-hybridized carbons (Fsp3) is 0.615. The van der Waals surface area contributed by atoms with Gasteiger partial charge in [0.15, 0.2) is 9.84 Å². The summed E-state index contributed by atoms with van der Waals surface area (Å²) in [7, 11) is -2.86. The summed E-state index contributed by atoms with van der Waals surface area (Å²) in [5.74, 6) is 0.445. The lowest BCUT2D eigenvalue weighted by Gasteiger charge is -2.08. The topological polar surface area (TPSA) is 63.2 Å². The van der Waals surface area contributed by atoms with Gasteiger partial charge >= 0.3 is 0 Å². The Morgan fingerprint density at radius 2 is 2.26 bits per heavy atom. The van der Waals surface area contributed by atoms with E-state index in [4.69, 9.17) is 0 Å². The molecule has 1 unspecified atom stereocenters. The quantitative estimate of drug-likeness (QED) is 0.922. The molecule has 0 radical (unpaired) electrons. The van der Waals surface area contributed by atoms with Crippen LogP contribution in [0.25, 0.3) is 0 Å². The molecule has 1 saturated heterocycles. The van der Waals surface area contributed by atoms with Crippen molar-refractivity contribution < 1.29 is 13.2 Å². The Morgan fingerprint density at radius 1 is 1.53 bits per heavy atom. The Hall–Kier alpha value is -0.880. The third-order valence-corrected chi connectivity index (χ3v) is 6.43. The zero-order valence-corrected chi connectivity index (χ0v) is 12.9. The lowest BCUT2D eigenvalue weighted by Crippen LogP contribution is -2.29. The Bertz CT molecular complexity index is 575. The van der Waals surface area contributed by atoms with Crippen LogP contribution in [0.1, 0.15) is 33.5 Å². The zero-order valence-electron chi connectivity index (χ0n) is 11.2. The molecule has 6 heteroatoms. The van der Waals surface area contributed by atoms with E-state index in [0.29, 0.717) is 13.0 Å². The van der Waals surface area contributed by atoms with Gasteiger partial charge in [0.05, 0.1) is 16.4 Å². The fourth-order valence-electron chi connectivity index (χ4n) is 2.34. The Labute approximate surface area is 118 Å². The van der Waals surface area contributed by atoms with Crippen molar-refractivity contribution in [1.82, 2.24) is 5.32 Å². The van der Waals surface area contributed by atoms with Gasteiger partial charge in [-0.15, -0.1) is 11.3 Å². The lowest BCUT2D eigenvalue weighted by molar-refractivity contribution is 0.0952. The van der Waals surface area contributed by atoms with Gasteiger partial charge < -0.3 is 5.32 Å². The van der Waals surface area contributed by atoms with Crippen molar-refractivity contribution in [3.63, 3.8) is 0 Å². The van der Waals surface area contributed by atoms with Crippen LogP contribution in [0.15, 0.2) is 6.07 Å². The number of amides is 1. The highest BCUT2D eigenvalue weighted by atomic mass is 32.2. The molecule has 0 aromatic carbocycles. The van der Waals surface area contributed by atoms with Crippen molar-refractivity contribution >= 4 is 27.1 Å². The van der Waals surface area contributed by atoms with Gasteiger partial charge in [-0.1, -0.05) is 6.92 Å². The Morgan fingerprint density at radius 3 is 2.79 bits per heavy atom. The molecule has 2 rings (SSSR count). The molecule has 1 N–H and O–H groups in total. The Balaban J connectivity index is 1.91. The van der Waals surface area contributed by atoms with Crippen LogP contribution < -0.4 is 5.32 Å². The Kier molecular flexibility index (Phi) is 4.30. The van der Waals surface area contributed by atoms with Crippen molar-refractivity contribution in [1.29, 1.82) is 0 Å². The molecule has 1 aliphatic rings. The summed E-state index contributed by atoms with van der Waals surface area (Å²) in [6.45, 7) is 4.54. The van der Waals surface area contributed by atoms with Crippen LogP contribution >= 0.6 is 11.3 Å². The van der Waals surface area contributed by atoms with Gasteiger partial charge in [-0.3, -0.25) is 4.79 Å². The van der Waals surface area contributed by atoms with Gasteiger partial charge in [-0.25, -0.2) is 8.42 Å². The minimum atomic E-state index is -2.86. The molecule has 0 aliphatic carbocycles. The maximum Gasteiger partial charge on any atom is 0.261 e. The number of hydrogen-bond donors (Lipinski definition) is 1. The highest BCUT2D eigenvalue weighted by molar-refractivity contribution is 7.91. The van der Waals surface area contributed by atoms with Crippen LogP contribution in [0.5, 0.6) is 0 Å². The van der Waals surface area contributed by atoms with Crippen LogP contribution in [0.2, 0.25) is 0 Å². The summed E-state index contributed by atoms with van der Waals surface area (Å²) < 4.78 is 22.7. The molecule has 1 aliphatic heterocycles. The van der Waals surface area contributed by atoms with E-state index in [1.165, 1.54) is 21.8 Å². The van der Waals surface area contributed by atoms with Gasteiger partial charge in [0.2, 0.25) is 0 Å². The monoisotopic (exact) mass is 301 g/mol. The smallest absolute Gasteiger partial charge is 0.261 e. The average molecular weight is 301 g/mol. The van der Waals surface area contributed by atoms with E-state index in [9.17, 15) is 13.2 Å². The first-order valence-corrected chi connectivity index (χ1v) is 9.13. The zero-order chi connectivity index (χ0) is 14.0. The third-order valence-electron chi connectivity index (χ3n) is 3.50. The number of thiophene rings is 1. The highest BCUT2D eigenvalue weighted by Gasteiger charge is 2.28. The minimum Gasteiger partial charge on any atom is -0.351 e. The molecule has 19 heavy (non-hydrogen) atoms. The summed E-state index contributed by atoms with van der Waals surface area (Å²) in [5.41, 5.74) is 1.21. The van der Waals surface area contributed by atoms with Crippen LogP contribution in [-0.2, 0) is 16.3 Å². The van der Waals surface area contributed by atoms with Gasteiger partial charge in [0, 0.05) is 11.4 Å². The normalized spacial score (nSPS) is 21.5. The number of hydrogen-bond acceptors (Lipinski definition) is 4. The first kappa shape index (κ1) is 14.5. The molecule has 1 aromatic rings. The number of carbonyl (C=O) groups excluding carboxylic acids is 1. The molecule has 4 nitrogen and oxygen atoms in total. The van der Waals surface area contributed by atoms with Crippen LogP contribution in [-0.4, -0.2) is 32.4 Å². The summed E-state index contributed by atoms with van der Waals surface area (Å²) in [4.78, 5) is 13.9. The lowest BCUT2D eigenvalue weighted by atomic mass is 10.1. The second-order valence-electron chi connectivity index (χ2n) is 5.02. The number of aryl methyl sites for hydroxylation is 2. The minimum absolute atomic E-state index is 0.0701. The van der Waals surface area contributed by atoms with Gasteiger partial charge in [-0.05, 0) is 37.3 Å². The van der Waals surface area contributed by atoms with Crippen molar-refractivity contribution in [2.75, 3.05) is 18.1 Å². The van der Waals surface area contributed by atoms with Crippen LogP contribution in [0, 0.1) is 12.8 Å². The van der Waals surface area contributed by atoms with Crippen molar-refractivity contribution in [2.45, 2.75) is 26.7 Å². The first-order chi connectivity index (χ1) is 8.91. The number of sulfone groups is 1. The maximum atomic E-state index is 12.0. The highest BCUT2D eigenvalue weighted by Crippen LogP contribution is 2.22. The van der Waals surface area contributed by atoms with Gasteiger partial charge in [0.1, 0.15) is 0 Å². The largest absolute Gasteiger partial charge is 0.351 e. The number of rotatable bonds is 4. The third kappa shape index (κ3) is 3.57. The van der Waals surface area contributed by atoms with E-state index in [1.807, 2.05) is 13.0 Å². The number of nitrogens with one attached hydrogen (secondary N) is 1. The van der Waals surface area contributed by atoms with E-state index in [2.05, 4.69) is 12.2 Å². The van der Waals surface area contributed by atoms with Crippen LogP contribution in [0.3, 0.4) is 0 Å². The number of carbonyl (C=O) groups is 1. The standard InChI is InChI=1S/C13H19NO3S2/c1-3-11-6-12(18-9(11)2)13(15)14-7-10-4-5-19(16,17)8-10/h6,10H,3-5,7-8H2,1-2H3,(H,14,15). The van der Waals surface area contributed by atoms with E-state index in [1.54, 1.807) is 0 Å². The van der Waals surface area contributed by atoms with Crippen molar-refractivity contribution in [3.8, 4) is 0 Å². The molecular formula is C13H19NO3S2. The molecule has 1 atom stereocenters. The molecule has 1 amide bonds. The summed E-state index contributed by atoms with van der Waals surface area (Å²) in [5, 5.41) is 2.85. The SMILES string of the molecule is CCc1cc(C(=O)NCC2CCS(=O)(=O)C2)sc1C. The predicted octanol–water partition coefficient (Wildman–Crippen LogP) is 1.78. The summed E-state index contributed by atoms with van der Waals surface area (Å²) in [6, 6.07) is 1.93. The molecule has 0 spiro atoms. The van der Waals surface area contributed by atoms with Gasteiger partial charge in [-0.2, -0.15) is 0 Å². The predicted molar refractivity (Wildman–Crippen MR) is 77.5 cm³/mol. The van der Waals surface area contributed by atoms with E-state index in [0.717, 1.165) is 11.3 Å².